The van der Waals surface area contributed by atoms with Crippen molar-refractivity contribution in [2.75, 3.05) is 19.8 Å². The second-order valence-electron chi connectivity index (χ2n) is 13.6. The first-order valence-electron chi connectivity index (χ1n) is 15.1. The average Bonchev–Trinajstić information content (AvgIpc) is 3.69. The van der Waals surface area contributed by atoms with E-state index in [1.807, 2.05) is 0 Å². The molecule has 0 radical (unpaired) electrons. The van der Waals surface area contributed by atoms with E-state index in [2.05, 4.69) is 73.3 Å². The molecule has 2 aromatic rings. The van der Waals surface area contributed by atoms with Gasteiger partial charge in [0.05, 0.1) is 35.7 Å². The first kappa shape index (κ1) is 27.5. The Hall–Kier alpha value is -2.33. The molecule has 1 spiro atoms. The summed E-state index contributed by atoms with van der Waals surface area (Å²) in [5, 5.41) is 2.88. The van der Waals surface area contributed by atoms with Crippen molar-refractivity contribution in [2.24, 2.45) is 5.41 Å². The van der Waals surface area contributed by atoms with Gasteiger partial charge < -0.3 is 24.3 Å². The van der Waals surface area contributed by atoms with Crippen molar-refractivity contribution < 1.29 is 22.8 Å². The van der Waals surface area contributed by atoms with Crippen LogP contribution in [0.3, 0.4) is 0 Å². The van der Waals surface area contributed by atoms with Gasteiger partial charge in [0.25, 0.3) is 5.92 Å². The van der Waals surface area contributed by atoms with E-state index in [0.29, 0.717) is 5.82 Å². The van der Waals surface area contributed by atoms with Gasteiger partial charge in [-0.2, -0.15) is 0 Å². The fourth-order valence-corrected chi connectivity index (χ4v) is 7.53. The van der Waals surface area contributed by atoms with E-state index >= 15 is 0 Å². The molecule has 5 aliphatic rings. The third kappa shape index (κ3) is 4.64. The number of rotatable bonds is 4. The second kappa shape index (κ2) is 9.59. The third-order valence-corrected chi connectivity index (χ3v) is 10.6. The van der Waals surface area contributed by atoms with Crippen LogP contribution < -0.4 is 5.32 Å². The third-order valence-electron chi connectivity index (χ3n) is 10.6. The molecule has 218 valence electrons. The van der Waals surface area contributed by atoms with Gasteiger partial charge >= 0.3 is 7.12 Å². The van der Waals surface area contributed by atoms with Gasteiger partial charge in [0.1, 0.15) is 5.82 Å². The predicted octanol–water partition coefficient (Wildman–Crippen LogP) is 6.88. The topological polar surface area (TPSA) is 68.4 Å². The number of benzene rings is 1. The summed E-state index contributed by atoms with van der Waals surface area (Å²) in [6, 6.07) is 8.14. The van der Waals surface area contributed by atoms with Crippen LogP contribution in [0.4, 0.5) is 8.78 Å². The zero-order valence-electron chi connectivity index (χ0n) is 24.5. The molecular formula is C32H40BF2N3O3. The summed E-state index contributed by atoms with van der Waals surface area (Å²) < 4.78 is 46.4. The molecule has 41 heavy (non-hydrogen) atoms. The van der Waals surface area contributed by atoms with Crippen LogP contribution in [0.2, 0.25) is 5.82 Å². The number of imidazole rings is 1. The van der Waals surface area contributed by atoms with E-state index in [1.54, 1.807) is 6.20 Å². The van der Waals surface area contributed by atoms with E-state index in [1.165, 1.54) is 22.3 Å². The van der Waals surface area contributed by atoms with Gasteiger partial charge in [-0.05, 0) is 82.1 Å². The van der Waals surface area contributed by atoms with Crippen molar-refractivity contribution in [3.63, 3.8) is 0 Å². The first-order valence-corrected chi connectivity index (χ1v) is 15.1. The normalized spacial score (nSPS) is 29.7. The molecule has 3 fully saturated rings. The largest absolute Gasteiger partial charge is 0.465 e. The fraction of sp³-hybridized carbons (Fsp3) is 0.594. The van der Waals surface area contributed by atoms with Gasteiger partial charge in [-0.15, -0.1) is 0 Å². The lowest BCUT2D eigenvalue weighted by Gasteiger charge is -2.39. The van der Waals surface area contributed by atoms with E-state index < -0.39 is 12.0 Å². The zero-order valence-corrected chi connectivity index (χ0v) is 24.5. The number of ether oxygens (including phenoxy) is 1. The predicted molar refractivity (Wildman–Crippen MR) is 156 cm³/mol. The maximum Gasteiger partial charge on any atom is 0.465 e. The van der Waals surface area contributed by atoms with Gasteiger partial charge in [0, 0.05) is 30.9 Å². The number of hydrogen-bond acceptors (Lipinski definition) is 5. The number of allylic oxidation sites excluding steroid dienone is 4. The van der Waals surface area contributed by atoms with Crippen LogP contribution >= 0.6 is 0 Å². The number of alkyl halides is 2. The van der Waals surface area contributed by atoms with Crippen molar-refractivity contribution in [3.8, 4) is 11.3 Å². The Labute approximate surface area is 241 Å². The SMILES string of the molecule is CC1(C)OB(C2CC=C(c3ccc(-c4cnc(C5CC(F)(F)CN5)[nH]4)cc3)C3=C2CCC32CCOCC2)OC1(C)C. The molecule has 7 rings (SSSR count). The van der Waals surface area contributed by atoms with Crippen LogP contribution in [0.15, 0.2) is 47.7 Å². The number of nitrogens with zero attached hydrogens (tertiary/aromatic N) is 1. The highest BCUT2D eigenvalue weighted by Crippen LogP contribution is 2.60. The molecule has 2 N–H and O–H groups in total. The lowest BCUT2D eigenvalue weighted by molar-refractivity contribution is 0.00578. The lowest BCUT2D eigenvalue weighted by atomic mass is 9.60. The van der Waals surface area contributed by atoms with Gasteiger partial charge in [-0.1, -0.05) is 35.9 Å². The van der Waals surface area contributed by atoms with Crippen LogP contribution in [0, 0.1) is 5.41 Å². The minimum atomic E-state index is -2.69. The number of halogens is 2. The van der Waals surface area contributed by atoms with E-state index in [4.69, 9.17) is 14.0 Å². The molecular weight excluding hydrogens is 523 g/mol. The molecule has 0 saturated carbocycles. The Kier molecular flexibility index (Phi) is 6.44. The number of nitrogens with one attached hydrogen (secondary N) is 2. The average molecular weight is 563 g/mol. The Morgan fingerprint density at radius 2 is 1.63 bits per heavy atom. The summed E-state index contributed by atoms with van der Waals surface area (Å²) >= 11 is 0. The number of H-pyrrole nitrogens is 1. The molecule has 2 atom stereocenters. The minimum absolute atomic E-state index is 0.134. The molecule has 2 unspecified atom stereocenters. The van der Waals surface area contributed by atoms with Crippen molar-refractivity contribution in [1.29, 1.82) is 0 Å². The maximum absolute atomic E-state index is 13.7. The molecule has 1 aromatic heterocycles. The summed E-state index contributed by atoms with van der Waals surface area (Å²) in [5.41, 5.74) is 6.80. The lowest BCUT2D eigenvalue weighted by Crippen LogP contribution is -2.41. The number of aromatic nitrogens is 2. The van der Waals surface area contributed by atoms with Gasteiger partial charge in [0.2, 0.25) is 0 Å². The molecule has 3 aliphatic heterocycles. The molecule has 2 aliphatic carbocycles. The molecule has 1 aromatic carbocycles. The highest BCUT2D eigenvalue weighted by Gasteiger charge is 2.56. The van der Waals surface area contributed by atoms with Crippen LogP contribution in [0.1, 0.15) is 83.6 Å². The van der Waals surface area contributed by atoms with Crippen molar-refractivity contribution in [2.45, 2.75) is 95.2 Å². The zero-order chi connectivity index (χ0) is 28.6. The second-order valence-corrected chi connectivity index (χ2v) is 13.6. The van der Waals surface area contributed by atoms with Crippen LogP contribution in [-0.2, 0) is 14.0 Å². The fourth-order valence-electron chi connectivity index (χ4n) is 7.53. The Balaban J connectivity index is 1.18. The van der Waals surface area contributed by atoms with Crippen LogP contribution in [0.5, 0.6) is 0 Å². The highest BCUT2D eigenvalue weighted by atomic mass is 19.3. The number of fused-ring (bicyclic) bond motifs is 1. The van der Waals surface area contributed by atoms with Crippen LogP contribution in [-0.4, -0.2) is 54.0 Å². The van der Waals surface area contributed by atoms with Crippen molar-refractivity contribution in [1.82, 2.24) is 15.3 Å². The summed E-state index contributed by atoms with van der Waals surface area (Å²) in [6.45, 7) is 9.81. The van der Waals surface area contributed by atoms with E-state index in [-0.39, 0.29) is 42.5 Å². The van der Waals surface area contributed by atoms with E-state index in [0.717, 1.165) is 56.6 Å². The minimum Gasteiger partial charge on any atom is -0.403 e. The maximum atomic E-state index is 13.7. The summed E-state index contributed by atoms with van der Waals surface area (Å²) in [5.74, 6) is -1.91. The Bertz CT molecular complexity index is 1380. The molecule has 4 heterocycles. The smallest absolute Gasteiger partial charge is 0.403 e. The van der Waals surface area contributed by atoms with Gasteiger partial charge in [0.15, 0.2) is 0 Å². The Morgan fingerprint density at radius 3 is 2.29 bits per heavy atom. The monoisotopic (exact) mass is 563 g/mol. The van der Waals surface area contributed by atoms with Crippen LogP contribution in [0.25, 0.3) is 16.8 Å². The Morgan fingerprint density at radius 1 is 0.951 bits per heavy atom. The molecule has 0 amide bonds. The number of aromatic amines is 1. The molecule has 6 nitrogen and oxygen atoms in total. The van der Waals surface area contributed by atoms with Gasteiger partial charge in [-0.25, -0.2) is 13.8 Å². The highest BCUT2D eigenvalue weighted by molar-refractivity contribution is 6.48. The quantitative estimate of drug-likeness (QED) is 0.397. The van der Waals surface area contributed by atoms with E-state index in [9.17, 15) is 8.78 Å². The standard InChI is InChI=1S/C32H40BF2N3O3/c1-29(2)30(3,4)41-33(40-29)24-10-9-22(27-23(24)11-12-31(27)13-15-39-16-14-31)20-5-7-21(8-6-20)26-18-36-28(38-26)25-17-32(34,35)19-37-25/h5-9,18,24-25,37H,10-17,19H2,1-4H3,(H,36,38). The summed E-state index contributed by atoms with van der Waals surface area (Å²) in [4.78, 5) is 7.68. The number of hydrogen-bond donors (Lipinski definition) is 2. The van der Waals surface area contributed by atoms with Crippen molar-refractivity contribution >= 4 is 12.7 Å². The summed E-state index contributed by atoms with van der Waals surface area (Å²) in [6.07, 6.45) is 9.12. The van der Waals surface area contributed by atoms with Crippen molar-refractivity contribution in [3.05, 3.63) is 59.1 Å². The summed E-state index contributed by atoms with van der Waals surface area (Å²) in [7, 11) is -0.246. The molecule has 9 heteroatoms. The molecule has 3 saturated heterocycles. The first-order chi connectivity index (χ1) is 19.5. The van der Waals surface area contributed by atoms with Gasteiger partial charge in [-0.3, -0.25) is 0 Å². The molecule has 0 bridgehead atoms.